The summed E-state index contributed by atoms with van der Waals surface area (Å²) >= 11 is 0. The van der Waals surface area contributed by atoms with Gasteiger partial charge in [0.1, 0.15) is 12.1 Å². The Hall–Kier alpha value is -4.38. The number of hydrogen-bond donors (Lipinski definition) is 3. The van der Waals surface area contributed by atoms with Crippen LogP contribution in [0.2, 0.25) is 0 Å². The van der Waals surface area contributed by atoms with E-state index < -0.39 is 22.6 Å². The first-order valence-electron chi connectivity index (χ1n) is 17.1. The number of carbonyl (C=O) groups excluding carboxylic acids is 2. The molecule has 7 rings (SSSR count). The highest BCUT2D eigenvalue weighted by molar-refractivity contribution is 7.84. The molecule has 0 spiro atoms. The predicted molar refractivity (Wildman–Crippen MR) is 191 cm³/mol. The van der Waals surface area contributed by atoms with Crippen molar-refractivity contribution in [1.29, 1.82) is 0 Å². The lowest BCUT2D eigenvalue weighted by Crippen LogP contribution is -2.59. The van der Waals surface area contributed by atoms with E-state index in [2.05, 4.69) is 15.4 Å². The van der Waals surface area contributed by atoms with Crippen molar-refractivity contribution in [3.8, 4) is 22.4 Å². The molecule has 49 heavy (non-hydrogen) atoms. The molecule has 0 bridgehead atoms. The van der Waals surface area contributed by atoms with Crippen molar-refractivity contribution >= 4 is 28.7 Å². The molecule has 3 aromatic carbocycles. The fourth-order valence-corrected chi connectivity index (χ4v) is 7.94. The first kappa shape index (κ1) is 33.1. The molecular weight excluding hydrogens is 637 g/mol. The molecule has 2 saturated carbocycles. The molecule has 1 aromatic heterocycles. The van der Waals surface area contributed by atoms with Crippen LogP contribution in [0.15, 0.2) is 97.2 Å². The fourth-order valence-electron chi connectivity index (χ4n) is 6.62. The lowest BCUT2D eigenvalue weighted by Gasteiger charge is -2.42. The second-order valence-electron chi connectivity index (χ2n) is 13.4. The normalized spacial score (nSPS) is 20.4. The second-order valence-corrected chi connectivity index (χ2v) is 14.9. The monoisotopic (exact) mass is 678 g/mol. The Morgan fingerprint density at radius 2 is 1.55 bits per heavy atom. The quantitative estimate of drug-likeness (QED) is 0.151. The SMILES string of the molecule is O=C(CC1CCC(NS(=O)C2CC2)CC1)Nc1cnc(-c2ccc(C3(NC(=O)OCc4ccccc4)COC3)cc2)c(-c2ccccc2)c1. The number of hydrogen-bond acceptors (Lipinski definition) is 6. The van der Waals surface area contributed by atoms with Crippen molar-refractivity contribution in [3.05, 3.63) is 108 Å². The van der Waals surface area contributed by atoms with Crippen molar-refractivity contribution in [1.82, 2.24) is 15.0 Å². The summed E-state index contributed by atoms with van der Waals surface area (Å²) in [4.78, 5) is 30.7. The number of nitrogens with one attached hydrogen (secondary N) is 3. The van der Waals surface area contributed by atoms with Crippen LogP contribution in [-0.4, -0.2) is 45.7 Å². The van der Waals surface area contributed by atoms with Gasteiger partial charge in [-0.15, -0.1) is 0 Å². The van der Waals surface area contributed by atoms with E-state index in [-0.39, 0.29) is 18.6 Å². The maximum Gasteiger partial charge on any atom is 0.408 e. The molecule has 0 radical (unpaired) electrons. The van der Waals surface area contributed by atoms with Crippen LogP contribution in [0.5, 0.6) is 0 Å². The summed E-state index contributed by atoms with van der Waals surface area (Å²) in [5, 5.41) is 6.46. The molecule has 4 aromatic rings. The molecule has 254 valence electrons. The number of anilines is 1. The topological polar surface area (TPSA) is 119 Å². The molecule has 1 atom stereocenters. The maximum atomic E-state index is 13.1. The molecule has 9 nitrogen and oxygen atoms in total. The van der Waals surface area contributed by atoms with Gasteiger partial charge in [0.15, 0.2) is 0 Å². The summed E-state index contributed by atoms with van der Waals surface area (Å²) in [7, 11) is -0.914. The number of carbonyl (C=O) groups is 2. The van der Waals surface area contributed by atoms with Crippen LogP contribution in [0, 0.1) is 5.92 Å². The van der Waals surface area contributed by atoms with Gasteiger partial charge < -0.3 is 20.1 Å². The van der Waals surface area contributed by atoms with Gasteiger partial charge in [-0.1, -0.05) is 84.9 Å². The summed E-state index contributed by atoms with van der Waals surface area (Å²) in [6, 6.07) is 29.9. The Balaban J connectivity index is 1.01. The van der Waals surface area contributed by atoms with Gasteiger partial charge in [-0.2, -0.15) is 0 Å². The summed E-state index contributed by atoms with van der Waals surface area (Å²) in [6.07, 6.45) is 7.61. The van der Waals surface area contributed by atoms with E-state index in [0.717, 1.165) is 72.0 Å². The molecule has 1 saturated heterocycles. The van der Waals surface area contributed by atoms with Crippen LogP contribution in [-0.2, 0) is 37.4 Å². The minimum absolute atomic E-state index is 0.0151. The van der Waals surface area contributed by atoms with Gasteiger partial charge in [0.05, 0.1) is 41.8 Å². The van der Waals surface area contributed by atoms with Gasteiger partial charge in [0.25, 0.3) is 0 Å². The highest BCUT2D eigenvalue weighted by atomic mass is 32.2. The molecule has 2 amide bonds. The van der Waals surface area contributed by atoms with E-state index in [1.54, 1.807) is 6.20 Å². The molecule has 1 unspecified atom stereocenters. The first-order chi connectivity index (χ1) is 23.9. The number of pyridine rings is 1. The molecule has 1 aliphatic heterocycles. The smallest absolute Gasteiger partial charge is 0.408 e. The zero-order valence-electron chi connectivity index (χ0n) is 27.4. The van der Waals surface area contributed by atoms with Gasteiger partial charge in [-0.3, -0.25) is 9.78 Å². The average Bonchev–Trinajstić information content (AvgIpc) is 3.97. The Kier molecular flexibility index (Phi) is 10.2. The van der Waals surface area contributed by atoms with Crippen molar-refractivity contribution in [3.63, 3.8) is 0 Å². The number of ether oxygens (including phenoxy) is 2. The number of aromatic nitrogens is 1. The zero-order chi connectivity index (χ0) is 33.6. The fraction of sp³-hybridized carbons (Fsp3) is 0.359. The van der Waals surface area contributed by atoms with Crippen LogP contribution in [0.1, 0.15) is 56.1 Å². The highest BCUT2D eigenvalue weighted by Crippen LogP contribution is 2.36. The average molecular weight is 679 g/mol. The predicted octanol–water partition coefficient (Wildman–Crippen LogP) is 6.87. The standard InChI is InChI=1S/C39H42N4O5S/c44-36(21-27-11-17-32(18-12-27)43-49(46)34-19-20-34)41-33-22-35(29-9-5-2-6-10-29)37(40-23-33)30-13-15-31(16-14-30)39(25-47-26-39)42-38(45)48-24-28-7-3-1-4-8-28/h1-10,13-16,22-23,27,32,34,43H,11-12,17-21,24-26H2,(H,41,44)(H,42,45). The van der Waals surface area contributed by atoms with Crippen LogP contribution >= 0.6 is 0 Å². The Morgan fingerprint density at radius 3 is 2.20 bits per heavy atom. The number of alkyl carbamates (subject to hydrolysis) is 1. The summed E-state index contributed by atoms with van der Waals surface area (Å²) in [6.45, 7) is 0.902. The molecular formula is C39H42N4O5S. The first-order valence-corrected chi connectivity index (χ1v) is 18.3. The molecule has 2 heterocycles. The van der Waals surface area contributed by atoms with Crippen molar-refractivity contribution in [2.24, 2.45) is 5.92 Å². The molecule has 3 N–H and O–H groups in total. The lowest BCUT2D eigenvalue weighted by molar-refractivity contribution is -0.117. The van der Waals surface area contributed by atoms with E-state index in [4.69, 9.17) is 14.5 Å². The minimum atomic E-state index is -0.914. The van der Waals surface area contributed by atoms with Crippen molar-refractivity contribution in [2.45, 2.75) is 68.4 Å². The Bertz CT molecular complexity index is 1770. The van der Waals surface area contributed by atoms with Crippen LogP contribution in [0.25, 0.3) is 22.4 Å². The third kappa shape index (κ3) is 8.26. The van der Waals surface area contributed by atoms with Gasteiger partial charge in [-0.25, -0.2) is 13.7 Å². The van der Waals surface area contributed by atoms with Crippen LogP contribution < -0.4 is 15.4 Å². The minimum Gasteiger partial charge on any atom is -0.445 e. The van der Waals surface area contributed by atoms with Crippen molar-refractivity contribution < 1.29 is 23.3 Å². The number of benzene rings is 3. The van der Waals surface area contributed by atoms with Crippen LogP contribution in [0.3, 0.4) is 0 Å². The summed E-state index contributed by atoms with van der Waals surface area (Å²) < 4.78 is 26.6. The number of amides is 2. The molecule has 3 fully saturated rings. The van der Waals surface area contributed by atoms with Gasteiger partial charge >= 0.3 is 6.09 Å². The van der Waals surface area contributed by atoms with Crippen molar-refractivity contribution in [2.75, 3.05) is 18.5 Å². The molecule has 2 aliphatic carbocycles. The summed E-state index contributed by atoms with van der Waals surface area (Å²) in [5.74, 6) is 0.301. The second kappa shape index (κ2) is 15.0. The zero-order valence-corrected chi connectivity index (χ0v) is 28.3. The summed E-state index contributed by atoms with van der Waals surface area (Å²) in [5.41, 5.74) is 5.43. The maximum absolute atomic E-state index is 13.1. The number of rotatable bonds is 12. The van der Waals surface area contributed by atoms with Crippen LogP contribution in [0.4, 0.5) is 10.5 Å². The third-order valence-electron chi connectivity index (χ3n) is 9.65. The Labute approximate surface area is 289 Å². The molecule has 3 aliphatic rings. The van der Waals surface area contributed by atoms with E-state index >= 15 is 0 Å². The Morgan fingerprint density at radius 1 is 0.857 bits per heavy atom. The van der Waals surface area contributed by atoms with Gasteiger partial charge in [0, 0.05) is 28.8 Å². The van der Waals surface area contributed by atoms with E-state index in [9.17, 15) is 13.8 Å². The third-order valence-corrected chi connectivity index (χ3v) is 11.3. The van der Waals surface area contributed by atoms with E-state index in [1.165, 1.54) is 0 Å². The molecule has 10 heteroatoms. The van der Waals surface area contributed by atoms with Gasteiger partial charge in [0.2, 0.25) is 5.91 Å². The largest absolute Gasteiger partial charge is 0.445 e. The number of nitrogens with zero attached hydrogens (tertiary/aromatic N) is 1. The highest BCUT2D eigenvalue weighted by Gasteiger charge is 2.42. The van der Waals surface area contributed by atoms with E-state index in [1.807, 2.05) is 91.0 Å². The van der Waals surface area contributed by atoms with Gasteiger partial charge in [-0.05, 0) is 67.2 Å². The lowest BCUT2D eigenvalue weighted by atomic mass is 9.84. The van der Waals surface area contributed by atoms with E-state index in [0.29, 0.717) is 36.5 Å².